The normalized spacial score (nSPS) is 12.3. The Hall–Kier alpha value is 0.01000. The topological polar surface area (TPSA) is 86.6 Å². The maximum atomic E-state index is 11.7. The molecule has 0 aliphatic carbocycles. The van der Waals surface area contributed by atoms with Gasteiger partial charge in [0.05, 0.1) is 19.3 Å². The van der Waals surface area contributed by atoms with Crippen molar-refractivity contribution in [3.05, 3.63) is 15.9 Å². The fourth-order valence-corrected chi connectivity index (χ4v) is 4.45. The summed E-state index contributed by atoms with van der Waals surface area (Å²) in [6.07, 6.45) is 0. The number of aliphatic hydroxyl groups excluding tert-OH is 2. The Morgan fingerprint density at radius 2 is 2.07 bits per heavy atom. The molecule has 0 aromatic carbocycles. The fraction of sp³-hybridized carbons (Fsp3) is 0.429. The first kappa shape index (κ1) is 13.1. The van der Waals surface area contributed by atoms with Crippen molar-refractivity contribution >= 4 is 37.3 Å². The molecule has 0 saturated carbocycles. The van der Waals surface area contributed by atoms with Gasteiger partial charge in [-0.3, -0.25) is 0 Å². The third-order valence-corrected chi connectivity index (χ3v) is 5.78. The van der Waals surface area contributed by atoms with Gasteiger partial charge in [0.15, 0.2) is 0 Å². The molecule has 0 bridgehead atoms. The molecular formula is C7H10BrNO4S2. The predicted octanol–water partition coefficient (Wildman–Crippen LogP) is 0.142. The van der Waals surface area contributed by atoms with Crippen molar-refractivity contribution in [2.24, 2.45) is 0 Å². The molecule has 5 nitrogen and oxygen atoms in total. The second-order valence-electron chi connectivity index (χ2n) is 2.74. The summed E-state index contributed by atoms with van der Waals surface area (Å²) in [5.74, 6) is 0. The van der Waals surface area contributed by atoms with Crippen LogP contribution in [0.1, 0.15) is 0 Å². The fourth-order valence-electron chi connectivity index (χ4n) is 0.877. The maximum absolute atomic E-state index is 11.7. The van der Waals surface area contributed by atoms with E-state index < -0.39 is 29.3 Å². The molecule has 0 aliphatic heterocycles. The van der Waals surface area contributed by atoms with Crippen LogP contribution in [0.25, 0.3) is 0 Å². The Balaban J connectivity index is 2.90. The summed E-state index contributed by atoms with van der Waals surface area (Å²) < 4.78 is 26.2. The van der Waals surface area contributed by atoms with Gasteiger partial charge in [0.2, 0.25) is 0 Å². The number of hydrogen-bond acceptors (Lipinski definition) is 5. The summed E-state index contributed by atoms with van der Waals surface area (Å²) in [5.41, 5.74) is 0. The molecule has 1 aromatic heterocycles. The summed E-state index contributed by atoms with van der Waals surface area (Å²) in [6, 6.07) is 0.746. The van der Waals surface area contributed by atoms with Gasteiger partial charge < -0.3 is 10.2 Å². The van der Waals surface area contributed by atoms with E-state index in [-0.39, 0.29) is 4.21 Å². The van der Waals surface area contributed by atoms with E-state index in [0.717, 1.165) is 11.3 Å². The van der Waals surface area contributed by atoms with Crippen LogP contribution >= 0.6 is 27.3 Å². The van der Waals surface area contributed by atoms with Crippen molar-refractivity contribution in [2.75, 3.05) is 13.2 Å². The number of sulfonamides is 1. The molecule has 0 unspecified atom stereocenters. The summed E-state index contributed by atoms with van der Waals surface area (Å²) in [5, 5.41) is 19.2. The van der Waals surface area contributed by atoms with E-state index in [4.69, 9.17) is 10.2 Å². The highest BCUT2D eigenvalue weighted by Crippen LogP contribution is 2.27. The first-order chi connectivity index (χ1) is 7.01. The molecule has 86 valence electrons. The predicted molar refractivity (Wildman–Crippen MR) is 60.3 cm³/mol. The lowest BCUT2D eigenvalue weighted by atomic mass is 10.4. The summed E-state index contributed by atoms with van der Waals surface area (Å²) in [6.45, 7) is -0.891. The van der Waals surface area contributed by atoms with Crippen LogP contribution in [0, 0.1) is 0 Å². The lowest BCUT2D eigenvalue weighted by Crippen LogP contribution is -2.39. The van der Waals surface area contributed by atoms with Crippen LogP contribution in [0.4, 0.5) is 0 Å². The van der Waals surface area contributed by atoms with E-state index >= 15 is 0 Å². The minimum Gasteiger partial charge on any atom is -0.395 e. The number of nitrogens with one attached hydrogen (secondary N) is 1. The minimum atomic E-state index is -3.67. The van der Waals surface area contributed by atoms with E-state index in [9.17, 15) is 8.42 Å². The van der Waals surface area contributed by atoms with E-state index in [2.05, 4.69) is 20.7 Å². The van der Waals surface area contributed by atoms with E-state index in [1.54, 1.807) is 11.4 Å². The van der Waals surface area contributed by atoms with Crippen molar-refractivity contribution in [1.82, 2.24) is 4.72 Å². The highest BCUT2D eigenvalue weighted by Gasteiger charge is 2.22. The van der Waals surface area contributed by atoms with Crippen LogP contribution in [0.3, 0.4) is 0 Å². The summed E-state index contributed by atoms with van der Waals surface area (Å²) >= 11 is 4.16. The Labute approximate surface area is 99.9 Å². The zero-order chi connectivity index (χ0) is 11.5. The van der Waals surface area contributed by atoms with Crippen LogP contribution in [-0.4, -0.2) is 37.9 Å². The third kappa shape index (κ3) is 3.23. The van der Waals surface area contributed by atoms with Crippen LogP contribution in [-0.2, 0) is 10.0 Å². The Bertz CT molecular complexity index is 412. The minimum absolute atomic E-state index is 0.134. The quantitative estimate of drug-likeness (QED) is 0.721. The first-order valence-corrected chi connectivity index (χ1v) is 7.14. The van der Waals surface area contributed by atoms with Crippen LogP contribution < -0.4 is 4.72 Å². The van der Waals surface area contributed by atoms with Gasteiger partial charge >= 0.3 is 0 Å². The van der Waals surface area contributed by atoms with Crippen LogP contribution in [0.2, 0.25) is 0 Å². The standard InChI is InChI=1S/C7H10BrNO4S2/c8-6-1-2-14-7(6)15(12,13)9-5(3-10)4-11/h1-2,5,9-11H,3-4H2. The molecule has 0 fully saturated rings. The molecule has 1 heterocycles. The highest BCUT2D eigenvalue weighted by atomic mass is 79.9. The van der Waals surface area contributed by atoms with Gasteiger partial charge in [-0.2, -0.15) is 0 Å². The second-order valence-corrected chi connectivity index (χ2v) is 6.42. The number of aliphatic hydroxyl groups is 2. The molecule has 0 spiro atoms. The van der Waals surface area contributed by atoms with Gasteiger partial charge in [0.1, 0.15) is 4.21 Å². The van der Waals surface area contributed by atoms with Gasteiger partial charge in [-0.25, -0.2) is 13.1 Å². The average Bonchev–Trinajstić information content (AvgIpc) is 2.61. The molecule has 0 radical (unpaired) electrons. The van der Waals surface area contributed by atoms with Crippen molar-refractivity contribution in [3.63, 3.8) is 0 Å². The number of halogens is 1. The van der Waals surface area contributed by atoms with Gasteiger partial charge in [-0.05, 0) is 27.4 Å². The molecule has 1 rings (SSSR count). The second kappa shape index (κ2) is 5.37. The van der Waals surface area contributed by atoms with Crippen LogP contribution in [0.15, 0.2) is 20.1 Å². The molecule has 1 aromatic rings. The Kier molecular flexibility index (Phi) is 4.68. The maximum Gasteiger partial charge on any atom is 0.251 e. The monoisotopic (exact) mass is 315 g/mol. The van der Waals surface area contributed by atoms with Crippen molar-refractivity contribution in [1.29, 1.82) is 0 Å². The lowest BCUT2D eigenvalue weighted by molar-refractivity contribution is 0.185. The molecule has 0 saturated heterocycles. The largest absolute Gasteiger partial charge is 0.395 e. The molecular weight excluding hydrogens is 306 g/mol. The first-order valence-electron chi connectivity index (χ1n) is 3.98. The molecule has 0 amide bonds. The smallest absolute Gasteiger partial charge is 0.251 e. The Morgan fingerprint density at radius 1 is 1.47 bits per heavy atom. The van der Waals surface area contributed by atoms with Gasteiger partial charge in [0, 0.05) is 4.47 Å². The average molecular weight is 316 g/mol. The van der Waals surface area contributed by atoms with Crippen molar-refractivity contribution in [2.45, 2.75) is 10.3 Å². The molecule has 0 atom stereocenters. The Morgan fingerprint density at radius 3 is 2.47 bits per heavy atom. The van der Waals surface area contributed by atoms with Crippen molar-refractivity contribution in [3.8, 4) is 0 Å². The van der Waals surface area contributed by atoms with Crippen molar-refractivity contribution < 1.29 is 18.6 Å². The van der Waals surface area contributed by atoms with Gasteiger partial charge in [-0.15, -0.1) is 11.3 Å². The van der Waals surface area contributed by atoms with E-state index in [0.29, 0.717) is 4.47 Å². The molecule has 3 N–H and O–H groups in total. The lowest BCUT2D eigenvalue weighted by Gasteiger charge is -2.12. The zero-order valence-electron chi connectivity index (χ0n) is 7.55. The van der Waals surface area contributed by atoms with Crippen LogP contribution in [0.5, 0.6) is 0 Å². The van der Waals surface area contributed by atoms with E-state index in [1.807, 2.05) is 0 Å². The van der Waals surface area contributed by atoms with Gasteiger partial charge in [0.25, 0.3) is 10.0 Å². The van der Waals surface area contributed by atoms with Gasteiger partial charge in [-0.1, -0.05) is 0 Å². The number of rotatable bonds is 5. The SMILES string of the molecule is O=S(=O)(NC(CO)CO)c1sccc1Br. The zero-order valence-corrected chi connectivity index (χ0v) is 10.8. The number of hydrogen-bond donors (Lipinski definition) is 3. The number of thiophene rings is 1. The molecule has 8 heteroatoms. The third-order valence-electron chi connectivity index (χ3n) is 1.59. The highest BCUT2D eigenvalue weighted by molar-refractivity contribution is 9.10. The molecule has 15 heavy (non-hydrogen) atoms. The summed E-state index contributed by atoms with van der Waals surface area (Å²) in [7, 11) is -3.67. The summed E-state index contributed by atoms with van der Waals surface area (Å²) in [4.78, 5) is 0. The molecule has 0 aliphatic rings. The van der Waals surface area contributed by atoms with E-state index in [1.165, 1.54) is 0 Å².